The highest BCUT2D eigenvalue weighted by atomic mass is 16.4. The van der Waals surface area contributed by atoms with Crippen LogP contribution in [0.1, 0.15) is 36.5 Å². The first-order valence-corrected chi connectivity index (χ1v) is 9.58. The van der Waals surface area contributed by atoms with Gasteiger partial charge in [0.25, 0.3) is 5.91 Å². The van der Waals surface area contributed by atoms with Crippen LogP contribution in [0.2, 0.25) is 0 Å². The third-order valence-electron chi connectivity index (χ3n) is 4.93. The third kappa shape index (κ3) is 5.22. The zero-order valence-electron chi connectivity index (χ0n) is 16.8. The molecule has 4 N–H and O–H groups in total. The molecule has 1 heterocycles. The Balaban J connectivity index is 1.78. The summed E-state index contributed by atoms with van der Waals surface area (Å²) in [6.07, 6.45) is 0.648. The van der Waals surface area contributed by atoms with Gasteiger partial charge in [0.1, 0.15) is 0 Å². The average Bonchev–Trinajstić information content (AvgIpc) is 3.15. The highest BCUT2D eigenvalue weighted by molar-refractivity contribution is 5.90. The molecule has 0 spiro atoms. The van der Waals surface area contributed by atoms with Crippen molar-refractivity contribution in [3.63, 3.8) is 0 Å². The maximum Gasteiger partial charge on any atom is 0.341 e. The summed E-state index contributed by atoms with van der Waals surface area (Å²) in [4.78, 5) is 37.5. The fourth-order valence-electron chi connectivity index (χ4n) is 3.26. The summed E-state index contributed by atoms with van der Waals surface area (Å²) in [5, 5.41) is 18.1. The van der Waals surface area contributed by atoms with Crippen molar-refractivity contribution in [2.24, 2.45) is 5.41 Å². The van der Waals surface area contributed by atoms with Crippen molar-refractivity contribution in [1.82, 2.24) is 20.5 Å². The first-order valence-electron chi connectivity index (χ1n) is 9.58. The minimum Gasteiger partial charge on any atom is -0.481 e. The molecule has 0 aliphatic heterocycles. The molecular formula is C22H24N4O4. The molecule has 0 aliphatic carbocycles. The monoisotopic (exact) mass is 408 g/mol. The lowest BCUT2D eigenvalue weighted by atomic mass is 9.83. The van der Waals surface area contributed by atoms with E-state index in [0.29, 0.717) is 6.42 Å². The summed E-state index contributed by atoms with van der Waals surface area (Å²) in [7, 11) is 0. The maximum atomic E-state index is 12.4. The van der Waals surface area contributed by atoms with Gasteiger partial charge in [0.15, 0.2) is 0 Å². The summed E-state index contributed by atoms with van der Waals surface area (Å²) < 4.78 is 0. The van der Waals surface area contributed by atoms with Gasteiger partial charge in [-0.15, -0.1) is 5.10 Å². The fourth-order valence-corrected chi connectivity index (χ4v) is 3.26. The van der Waals surface area contributed by atoms with Crippen LogP contribution in [0.3, 0.4) is 0 Å². The van der Waals surface area contributed by atoms with Crippen LogP contribution in [0.15, 0.2) is 59.4 Å². The van der Waals surface area contributed by atoms with E-state index in [0.717, 1.165) is 16.7 Å². The van der Waals surface area contributed by atoms with E-state index in [1.165, 1.54) is 0 Å². The van der Waals surface area contributed by atoms with Crippen LogP contribution in [-0.4, -0.2) is 38.2 Å². The first-order chi connectivity index (χ1) is 14.2. The lowest BCUT2D eigenvalue weighted by Gasteiger charge is -2.26. The van der Waals surface area contributed by atoms with Crippen molar-refractivity contribution >= 4 is 11.9 Å². The van der Waals surface area contributed by atoms with Crippen molar-refractivity contribution in [1.29, 1.82) is 0 Å². The van der Waals surface area contributed by atoms with E-state index >= 15 is 0 Å². The molecule has 8 nitrogen and oxygen atoms in total. The van der Waals surface area contributed by atoms with E-state index in [-0.39, 0.29) is 12.2 Å². The van der Waals surface area contributed by atoms with Gasteiger partial charge in [0, 0.05) is 6.04 Å². The Morgan fingerprint density at radius 3 is 2.27 bits per heavy atom. The Labute approximate surface area is 173 Å². The number of carbonyl (C=O) groups excluding carboxylic acids is 1. The topological polar surface area (TPSA) is 128 Å². The quantitative estimate of drug-likeness (QED) is 0.455. The van der Waals surface area contributed by atoms with Crippen LogP contribution in [0.25, 0.3) is 11.1 Å². The number of aromatic nitrogens is 3. The van der Waals surface area contributed by atoms with Crippen LogP contribution in [0, 0.1) is 5.41 Å². The van der Waals surface area contributed by atoms with Crippen LogP contribution >= 0.6 is 0 Å². The lowest BCUT2D eigenvalue weighted by molar-refractivity contribution is -0.147. The van der Waals surface area contributed by atoms with Gasteiger partial charge < -0.3 is 10.4 Å². The summed E-state index contributed by atoms with van der Waals surface area (Å²) in [5.41, 5.74) is 1.50. The van der Waals surface area contributed by atoms with Crippen molar-refractivity contribution in [3.8, 4) is 11.1 Å². The first kappa shape index (κ1) is 21.0. The second kappa shape index (κ2) is 8.77. The van der Waals surface area contributed by atoms with Crippen molar-refractivity contribution in [2.45, 2.75) is 32.7 Å². The van der Waals surface area contributed by atoms with Gasteiger partial charge in [0.2, 0.25) is 5.82 Å². The Morgan fingerprint density at radius 2 is 1.70 bits per heavy atom. The molecule has 0 saturated heterocycles. The van der Waals surface area contributed by atoms with Gasteiger partial charge in [-0.2, -0.15) is 0 Å². The van der Waals surface area contributed by atoms with Gasteiger partial charge in [-0.1, -0.05) is 54.6 Å². The Morgan fingerprint density at radius 1 is 1.07 bits per heavy atom. The van der Waals surface area contributed by atoms with Gasteiger partial charge in [0.05, 0.1) is 5.41 Å². The molecule has 1 aromatic heterocycles. The Bertz CT molecular complexity index is 1070. The second-order valence-corrected chi connectivity index (χ2v) is 7.86. The van der Waals surface area contributed by atoms with E-state index < -0.39 is 29.0 Å². The summed E-state index contributed by atoms with van der Waals surface area (Å²) in [6, 6.07) is 17.4. The van der Waals surface area contributed by atoms with E-state index in [1.807, 2.05) is 54.6 Å². The van der Waals surface area contributed by atoms with E-state index in [4.69, 9.17) is 0 Å². The number of aliphatic carboxylic acids is 1. The number of rotatable bonds is 8. The smallest absolute Gasteiger partial charge is 0.341 e. The molecule has 0 fully saturated rings. The van der Waals surface area contributed by atoms with Gasteiger partial charge >= 0.3 is 11.7 Å². The number of carboxylic acids is 1. The summed E-state index contributed by atoms with van der Waals surface area (Å²) in [5.74, 6) is -1.66. The molecule has 1 atom stereocenters. The Hall–Kier alpha value is -3.68. The number of hydrogen-bond acceptors (Lipinski definition) is 4. The number of amides is 1. The molecule has 0 radical (unpaired) electrons. The van der Waals surface area contributed by atoms with Crippen molar-refractivity contribution in [2.75, 3.05) is 0 Å². The van der Waals surface area contributed by atoms with E-state index in [9.17, 15) is 19.5 Å². The molecule has 30 heavy (non-hydrogen) atoms. The molecular weight excluding hydrogens is 384 g/mol. The molecule has 0 bridgehead atoms. The second-order valence-electron chi connectivity index (χ2n) is 7.86. The number of benzene rings is 2. The number of nitrogens with one attached hydrogen (secondary N) is 3. The molecule has 1 amide bonds. The van der Waals surface area contributed by atoms with E-state index in [1.54, 1.807) is 13.8 Å². The third-order valence-corrected chi connectivity index (χ3v) is 4.93. The number of H-pyrrole nitrogens is 2. The van der Waals surface area contributed by atoms with Gasteiger partial charge in [-0.25, -0.2) is 9.89 Å². The van der Waals surface area contributed by atoms with Gasteiger partial charge in [-0.3, -0.25) is 14.6 Å². The predicted octanol–water partition coefficient (Wildman–Crippen LogP) is 2.61. The number of aromatic amines is 2. The molecule has 3 rings (SSSR count). The molecule has 3 aromatic rings. The van der Waals surface area contributed by atoms with Crippen LogP contribution in [0.4, 0.5) is 0 Å². The van der Waals surface area contributed by atoms with Crippen LogP contribution in [-0.2, 0) is 11.2 Å². The lowest BCUT2D eigenvalue weighted by Crippen LogP contribution is -2.42. The van der Waals surface area contributed by atoms with E-state index in [2.05, 4.69) is 20.5 Å². The minimum atomic E-state index is -1.04. The molecule has 0 aliphatic rings. The number of carboxylic acid groups (broad SMARTS) is 1. The Kier molecular flexibility index (Phi) is 6.15. The number of hydrogen-bond donors (Lipinski definition) is 4. The largest absolute Gasteiger partial charge is 0.481 e. The van der Waals surface area contributed by atoms with Gasteiger partial charge in [-0.05, 0) is 43.4 Å². The normalized spacial score (nSPS) is 12.3. The van der Waals surface area contributed by atoms with Crippen LogP contribution < -0.4 is 11.0 Å². The summed E-state index contributed by atoms with van der Waals surface area (Å²) >= 11 is 0. The molecule has 0 saturated carbocycles. The van der Waals surface area contributed by atoms with Crippen molar-refractivity contribution < 1.29 is 14.7 Å². The predicted molar refractivity (Wildman–Crippen MR) is 112 cm³/mol. The standard InChI is InChI=1S/C22H24N4O4/c1-22(2,20(28)29)13-17(23-19(27)18-24-21(30)26-25-18)12-14-8-10-16(11-9-14)15-6-4-3-5-7-15/h3-11,17H,12-13H2,1-2H3,(H,23,27)(H,28,29)(H2,24,25,26,30). The van der Waals surface area contributed by atoms with Crippen LogP contribution in [0.5, 0.6) is 0 Å². The SMILES string of the molecule is CC(C)(CC(Cc1ccc(-c2ccccc2)cc1)NC(=O)c1n[nH]c(=O)[nH]1)C(=O)O. The number of carbonyl (C=O) groups is 2. The highest BCUT2D eigenvalue weighted by Crippen LogP contribution is 2.25. The fraction of sp³-hybridized carbons (Fsp3) is 0.273. The number of nitrogens with zero attached hydrogens (tertiary/aromatic N) is 1. The minimum absolute atomic E-state index is 0.141. The highest BCUT2D eigenvalue weighted by Gasteiger charge is 2.32. The zero-order chi connectivity index (χ0) is 21.7. The van der Waals surface area contributed by atoms with Crippen molar-refractivity contribution in [3.05, 3.63) is 76.5 Å². The zero-order valence-corrected chi connectivity index (χ0v) is 16.8. The average molecular weight is 408 g/mol. The molecule has 1 unspecified atom stereocenters. The molecule has 156 valence electrons. The summed E-state index contributed by atoms with van der Waals surface area (Å²) in [6.45, 7) is 3.23. The maximum absolute atomic E-state index is 12.4. The molecule has 2 aromatic carbocycles. The molecule has 8 heteroatoms.